The molecule has 0 aliphatic heterocycles. The molecule has 2 rings (SSSR count). The van der Waals surface area contributed by atoms with Gasteiger partial charge in [0, 0.05) is 23.3 Å². The monoisotopic (exact) mass is 210 g/mol. The van der Waals surface area contributed by atoms with Crippen LogP contribution in [0.1, 0.15) is 16.7 Å². The molecule has 0 radical (unpaired) electrons. The van der Waals surface area contributed by atoms with Crippen molar-refractivity contribution in [1.29, 1.82) is 0 Å². The summed E-state index contributed by atoms with van der Waals surface area (Å²) in [6.07, 6.45) is 3.09. The third kappa shape index (κ3) is 1.64. The maximum atomic E-state index is 13.2. The first-order chi connectivity index (χ1) is 6.79. The smallest absolute Gasteiger partial charge is 0.147 e. The molecule has 2 aromatic rings. The van der Waals surface area contributed by atoms with Gasteiger partial charge in [0.05, 0.1) is 6.20 Å². The van der Waals surface area contributed by atoms with Crippen molar-refractivity contribution in [3.8, 4) is 0 Å². The van der Waals surface area contributed by atoms with E-state index in [9.17, 15) is 9.50 Å². The fourth-order valence-corrected chi connectivity index (χ4v) is 1.75. The van der Waals surface area contributed by atoms with Gasteiger partial charge < -0.3 is 5.11 Å². The molecular weight excluding hydrogens is 203 g/mol. The van der Waals surface area contributed by atoms with Gasteiger partial charge in [-0.2, -0.15) is 0 Å². The highest BCUT2D eigenvalue weighted by molar-refractivity contribution is 7.09. The molecular formula is C9H7FN2OS. The van der Waals surface area contributed by atoms with Crippen LogP contribution in [0, 0.1) is 5.82 Å². The van der Waals surface area contributed by atoms with E-state index in [2.05, 4.69) is 9.97 Å². The Morgan fingerprint density at radius 1 is 1.43 bits per heavy atom. The van der Waals surface area contributed by atoms with Crippen LogP contribution in [0.3, 0.4) is 0 Å². The predicted octanol–water partition coefficient (Wildman–Crippen LogP) is 1.76. The number of halogens is 1. The summed E-state index contributed by atoms with van der Waals surface area (Å²) >= 11 is 1.29. The Bertz CT molecular complexity index is 419. The molecule has 3 nitrogen and oxygen atoms in total. The fraction of sp³-hybridized carbons (Fsp3) is 0.111. The standard InChI is InChI=1S/C9H7FN2OS/c10-7-5-11-2-1-6(7)8(13)9-12-3-4-14-9/h1-5,8,13H. The second-order valence-electron chi connectivity index (χ2n) is 2.67. The van der Waals surface area contributed by atoms with Crippen LogP contribution < -0.4 is 0 Å². The van der Waals surface area contributed by atoms with Gasteiger partial charge in [-0.3, -0.25) is 4.98 Å². The summed E-state index contributed by atoms with van der Waals surface area (Å²) in [5, 5.41) is 12.0. The Hall–Kier alpha value is -1.33. The van der Waals surface area contributed by atoms with Crippen LogP contribution >= 0.6 is 11.3 Å². The van der Waals surface area contributed by atoms with E-state index in [-0.39, 0.29) is 5.56 Å². The van der Waals surface area contributed by atoms with E-state index in [0.717, 1.165) is 6.20 Å². The highest BCUT2D eigenvalue weighted by Gasteiger charge is 2.16. The fourth-order valence-electron chi connectivity index (χ4n) is 1.11. The van der Waals surface area contributed by atoms with Crippen LogP contribution in [0.25, 0.3) is 0 Å². The summed E-state index contributed by atoms with van der Waals surface area (Å²) in [6, 6.07) is 1.45. The molecule has 0 aliphatic rings. The predicted molar refractivity (Wildman–Crippen MR) is 50.4 cm³/mol. The molecule has 2 heterocycles. The Labute approximate surface area is 83.9 Å². The van der Waals surface area contributed by atoms with E-state index >= 15 is 0 Å². The third-order valence-corrected chi connectivity index (χ3v) is 2.61. The number of hydrogen-bond donors (Lipinski definition) is 1. The normalized spacial score (nSPS) is 12.7. The zero-order chi connectivity index (χ0) is 9.97. The second kappa shape index (κ2) is 3.81. The van der Waals surface area contributed by atoms with Gasteiger partial charge in [0.1, 0.15) is 16.9 Å². The van der Waals surface area contributed by atoms with Crippen LogP contribution in [0.4, 0.5) is 4.39 Å². The Balaban J connectivity index is 2.37. The minimum absolute atomic E-state index is 0.204. The lowest BCUT2D eigenvalue weighted by Crippen LogP contribution is -2.02. The Morgan fingerprint density at radius 3 is 2.93 bits per heavy atom. The van der Waals surface area contributed by atoms with Crippen molar-refractivity contribution in [2.75, 3.05) is 0 Å². The summed E-state index contributed by atoms with van der Waals surface area (Å²) in [4.78, 5) is 7.52. The van der Waals surface area contributed by atoms with Gasteiger partial charge in [-0.15, -0.1) is 11.3 Å². The molecule has 5 heteroatoms. The summed E-state index contributed by atoms with van der Waals surface area (Å²) in [6.45, 7) is 0. The van der Waals surface area contributed by atoms with Crippen molar-refractivity contribution in [2.45, 2.75) is 6.10 Å². The summed E-state index contributed by atoms with van der Waals surface area (Å²) in [5.41, 5.74) is 0.204. The van der Waals surface area contributed by atoms with E-state index in [1.807, 2.05) is 0 Å². The number of thiazole rings is 1. The topological polar surface area (TPSA) is 46.0 Å². The van der Waals surface area contributed by atoms with Gasteiger partial charge in [-0.25, -0.2) is 9.37 Å². The molecule has 0 saturated carbocycles. The van der Waals surface area contributed by atoms with E-state index in [1.54, 1.807) is 11.6 Å². The molecule has 1 N–H and O–H groups in total. The summed E-state index contributed by atoms with van der Waals surface area (Å²) in [7, 11) is 0. The van der Waals surface area contributed by atoms with Crippen molar-refractivity contribution < 1.29 is 9.50 Å². The zero-order valence-electron chi connectivity index (χ0n) is 7.09. The van der Waals surface area contributed by atoms with Crippen LogP contribution in [-0.4, -0.2) is 15.1 Å². The molecule has 0 spiro atoms. The minimum atomic E-state index is -1.00. The van der Waals surface area contributed by atoms with Crippen molar-refractivity contribution in [2.24, 2.45) is 0 Å². The number of rotatable bonds is 2. The lowest BCUT2D eigenvalue weighted by atomic mass is 10.1. The Kier molecular flexibility index (Phi) is 2.51. The zero-order valence-corrected chi connectivity index (χ0v) is 7.91. The first-order valence-electron chi connectivity index (χ1n) is 3.96. The molecule has 0 bridgehead atoms. The molecule has 72 valence electrons. The van der Waals surface area contributed by atoms with Crippen LogP contribution in [0.2, 0.25) is 0 Å². The SMILES string of the molecule is OC(c1nccs1)c1ccncc1F. The van der Waals surface area contributed by atoms with E-state index in [0.29, 0.717) is 5.01 Å². The third-order valence-electron chi connectivity index (χ3n) is 1.78. The highest BCUT2D eigenvalue weighted by atomic mass is 32.1. The lowest BCUT2D eigenvalue weighted by Gasteiger charge is -2.07. The molecule has 0 fully saturated rings. The van der Waals surface area contributed by atoms with Gasteiger partial charge in [0.15, 0.2) is 0 Å². The molecule has 0 aromatic carbocycles. The van der Waals surface area contributed by atoms with Crippen molar-refractivity contribution in [3.63, 3.8) is 0 Å². The largest absolute Gasteiger partial charge is 0.381 e. The average Bonchev–Trinajstić information content (AvgIpc) is 2.70. The second-order valence-corrected chi connectivity index (χ2v) is 3.60. The molecule has 0 aliphatic carbocycles. The number of aliphatic hydroxyl groups is 1. The number of nitrogens with zero attached hydrogens (tertiary/aromatic N) is 2. The van der Waals surface area contributed by atoms with Crippen LogP contribution in [0.5, 0.6) is 0 Å². The Morgan fingerprint density at radius 2 is 2.29 bits per heavy atom. The molecule has 14 heavy (non-hydrogen) atoms. The van der Waals surface area contributed by atoms with Crippen molar-refractivity contribution >= 4 is 11.3 Å². The molecule has 1 atom stereocenters. The number of aliphatic hydroxyl groups excluding tert-OH is 1. The molecule has 0 amide bonds. The quantitative estimate of drug-likeness (QED) is 0.821. The molecule has 0 saturated heterocycles. The minimum Gasteiger partial charge on any atom is -0.381 e. The average molecular weight is 210 g/mol. The number of pyridine rings is 1. The van der Waals surface area contributed by atoms with Gasteiger partial charge in [0.25, 0.3) is 0 Å². The first-order valence-corrected chi connectivity index (χ1v) is 4.84. The van der Waals surface area contributed by atoms with Crippen LogP contribution in [0.15, 0.2) is 30.0 Å². The van der Waals surface area contributed by atoms with Crippen LogP contribution in [-0.2, 0) is 0 Å². The van der Waals surface area contributed by atoms with E-state index in [1.165, 1.54) is 23.6 Å². The maximum absolute atomic E-state index is 13.2. The van der Waals surface area contributed by atoms with Gasteiger partial charge >= 0.3 is 0 Å². The summed E-state index contributed by atoms with van der Waals surface area (Å²) in [5.74, 6) is -0.518. The highest BCUT2D eigenvalue weighted by Crippen LogP contribution is 2.24. The molecule has 1 unspecified atom stereocenters. The van der Waals surface area contributed by atoms with E-state index < -0.39 is 11.9 Å². The van der Waals surface area contributed by atoms with Gasteiger partial charge in [0.2, 0.25) is 0 Å². The van der Waals surface area contributed by atoms with Crippen molar-refractivity contribution in [3.05, 3.63) is 46.4 Å². The number of hydrogen-bond acceptors (Lipinski definition) is 4. The number of aromatic nitrogens is 2. The molecule has 2 aromatic heterocycles. The summed E-state index contributed by atoms with van der Waals surface area (Å²) < 4.78 is 13.2. The van der Waals surface area contributed by atoms with E-state index in [4.69, 9.17) is 0 Å². The lowest BCUT2D eigenvalue weighted by molar-refractivity contribution is 0.214. The van der Waals surface area contributed by atoms with Gasteiger partial charge in [-0.1, -0.05) is 0 Å². The van der Waals surface area contributed by atoms with Gasteiger partial charge in [-0.05, 0) is 6.07 Å². The first kappa shape index (κ1) is 9.23. The maximum Gasteiger partial charge on any atom is 0.147 e. The van der Waals surface area contributed by atoms with Crippen molar-refractivity contribution in [1.82, 2.24) is 9.97 Å².